The van der Waals surface area contributed by atoms with Crippen molar-refractivity contribution in [1.29, 1.82) is 0 Å². The van der Waals surface area contributed by atoms with Gasteiger partial charge in [0, 0.05) is 30.6 Å². The second-order valence-corrected chi connectivity index (χ2v) is 7.89. The molecule has 2 rings (SSSR count). The van der Waals surface area contributed by atoms with Gasteiger partial charge in [0.05, 0.1) is 0 Å². The maximum Gasteiger partial charge on any atom is 0.407 e. The summed E-state index contributed by atoms with van der Waals surface area (Å²) in [5.74, 6) is 0.161. The van der Waals surface area contributed by atoms with Crippen molar-refractivity contribution in [2.75, 3.05) is 11.9 Å². The molecule has 2 atom stereocenters. The molecule has 1 aliphatic rings. The Kier molecular flexibility index (Phi) is 4.75. The Morgan fingerprint density at radius 1 is 1.45 bits per heavy atom. The van der Waals surface area contributed by atoms with Gasteiger partial charge in [0.15, 0.2) is 5.13 Å². The monoisotopic (exact) mass is 325 g/mol. The molecule has 1 aromatic heterocycles. The van der Waals surface area contributed by atoms with E-state index in [0.29, 0.717) is 17.6 Å². The van der Waals surface area contributed by atoms with Gasteiger partial charge in [-0.15, -0.1) is 11.3 Å². The molecule has 122 valence electrons. The van der Waals surface area contributed by atoms with Crippen LogP contribution in [-0.4, -0.2) is 39.6 Å². The van der Waals surface area contributed by atoms with Crippen LogP contribution < -0.4 is 5.32 Å². The smallest absolute Gasteiger partial charge is 0.407 e. The lowest BCUT2D eigenvalue weighted by Crippen LogP contribution is -2.51. The number of thiazole rings is 1. The Morgan fingerprint density at radius 3 is 2.68 bits per heavy atom. The first kappa shape index (κ1) is 16.7. The molecule has 2 N–H and O–H groups in total. The molecule has 1 fully saturated rings. The van der Waals surface area contributed by atoms with Crippen molar-refractivity contribution < 1.29 is 14.7 Å². The zero-order valence-corrected chi connectivity index (χ0v) is 14.2. The average molecular weight is 325 g/mol. The molecule has 2 unspecified atom stereocenters. The number of nitrogens with zero attached hydrogens (tertiary/aromatic N) is 2. The number of nitrogens with one attached hydrogen (secondary N) is 1. The van der Waals surface area contributed by atoms with E-state index in [1.165, 1.54) is 18.3 Å². The summed E-state index contributed by atoms with van der Waals surface area (Å²) in [6, 6.07) is -0.0185. The van der Waals surface area contributed by atoms with Gasteiger partial charge in [-0.05, 0) is 24.2 Å². The van der Waals surface area contributed by atoms with Gasteiger partial charge in [0.2, 0.25) is 5.91 Å². The number of likely N-dealkylation sites (tertiary alicyclic amines) is 1. The van der Waals surface area contributed by atoms with Gasteiger partial charge in [0.1, 0.15) is 0 Å². The molecule has 1 aromatic rings. The number of carbonyl (C=O) groups excluding carboxylic acids is 1. The van der Waals surface area contributed by atoms with Crippen LogP contribution in [0.1, 0.15) is 51.3 Å². The second kappa shape index (κ2) is 6.24. The van der Waals surface area contributed by atoms with Crippen molar-refractivity contribution in [3.05, 3.63) is 11.1 Å². The van der Waals surface area contributed by atoms with Crippen LogP contribution >= 0.6 is 11.3 Å². The van der Waals surface area contributed by atoms with Gasteiger partial charge < -0.3 is 15.3 Å². The van der Waals surface area contributed by atoms with Crippen LogP contribution in [0.3, 0.4) is 0 Å². The maximum absolute atomic E-state index is 11.4. The van der Waals surface area contributed by atoms with E-state index in [1.807, 2.05) is 0 Å². The highest BCUT2D eigenvalue weighted by molar-refractivity contribution is 7.15. The summed E-state index contributed by atoms with van der Waals surface area (Å²) in [4.78, 5) is 29.4. The molecule has 0 aromatic carbocycles. The van der Waals surface area contributed by atoms with Crippen molar-refractivity contribution in [2.45, 2.75) is 52.5 Å². The van der Waals surface area contributed by atoms with Crippen molar-refractivity contribution in [3.8, 4) is 0 Å². The molecule has 0 saturated carbocycles. The molecule has 0 spiro atoms. The molecule has 1 saturated heterocycles. The van der Waals surface area contributed by atoms with E-state index in [4.69, 9.17) is 0 Å². The summed E-state index contributed by atoms with van der Waals surface area (Å²) < 4.78 is 0. The van der Waals surface area contributed by atoms with E-state index in [1.54, 1.807) is 11.1 Å². The SMILES string of the molecule is CC(=O)Nc1ncc(C2CCN(C(=O)O)C(C(C)(C)C)C2)s1. The average Bonchev–Trinajstić information content (AvgIpc) is 2.84. The van der Waals surface area contributed by atoms with Crippen molar-refractivity contribution in [3.63, 3.8) is 0 Å². The van der Waals surface area contributed by atoms with Crippen LogP contribution in [0.5, 0.6) is 0 Å². The fourth-order valence-electron chi connectivity index (χ4n) is 2.96. The van der Waals surface area contributed by atoms with Crippen LogP contribution in [0.2, 0.25) is 0 Å². The quantitative estimate of drug-likeness (QED) is 0.873. The lowest BCUT2D eigenvalue weighted by Gasteiger charge is -2.44. The molecule has 2 amide bonds. The summed E-state index contributed by atoms with van der Waals surface area (Å²) in [7, 11) is 0. The Morgan fingerprint density at radius 2 is 2.14 bits per heavy atom. The van der Waals surface area contributed by atoms with Crippen LogP contribution in [0.4, 0.5) is 9.93 Å². The summed E-state index contributed by atoms with van der Waals surface area (Å²) in [6.07, 6.45) is 2.54. The fraction of sp³-hybridized carbons (Fsp3) is 0.667. The van der Waals surface area contributed by atoms with Gasteiger partial charge >= 0.3 is 6.09 Å². The number of piperidine rings is 1. The Bertz CT molecular complexity index is 565. The predicted octanol–water partition coefficient (Wildman–Crippen LogP) is 3.37. The highest BCUT2D eigenvalue weighted by Crippen LogP contribution is 2.41. The van der Waals surface area contributed by atoms with Crippen LogP contribution in [0.25, 0.3) is 0 Å². The third kappa shape index (κ3) is 3.76. The third-order valence-corrected chi connectivity index (χ3v) is 5.13. The fourth-order valence-corrected chi connectivity index (χ4v) is 3.97. The van der Waals surface area contributed by atoms with Crippen LogP contribution in [0, 0.1) is 5.41 Å². The third-order valence-electron chi connectivity index (χ3n) is 4.06. The number of anilines is 1. The molecule has 2 heterocycles. The first-order chi connectivity index (χ1) is 10.2. The minimum atomic E-state index is -0.846. The number of aromatic nitrogens is 1. The molecule has 0 bridgehead atoms. The van der Waals surface area contributed by atoms with Gasteiger partial charge in [-0.3, -0.25) is 4.79 Å². The second-order valence-electron chi connectivity index (χ2n) is 6.83. The number of carbonyl (C=O) groups is 2. The van der Waals surface area contributed by atoms with Crippen molar-refractivity contribution >= 4 is 28.5 Å². The molecule has 0 aliphatic carbocycles. The first-order valence-electron chi connectivity index (χ1n) is 7.41. The van der Waals surface area contributed by atoms with E-state index < -0.39 is 6.09 Å². The van der Waals surface area contributed by atoms with E-state index in [2.05, 4.69) is 31.1 Å². The summed E-state index contributed by atoms with van der Waals surface area (Å²) in [6.45, 7) is 8.22. The summed E-state index contributed by atoms with van der Waals surface area (Å²) in [5.41, 5.74) is -0.109. The number of hydrogen-bond donors (Lipinski definition) is 2. The standard InChI is InChI=1S/C15H23N3O3S/c1-9(19)17-13-16-8-11(22-13)10-5-6-18(14(20)21)12(7-10)15(2,3)4/h8,10,12H,5-7H2,1-4H3,(H,20,21)(H,16,17,19). The number of hydrogen-bond acceptors (Lipinski definition) is 4. The Labute approximate surface area is 134 Å². The highest BCUT2D eigenvalue weighted by atomic mass is 32.1. The largest absolute Gasteiger partial charge is 0.465 e. The first-order valence-corrected chi connectivity index (χ1v) is 8.23. The highest BCUT2D eigenvalue weighted by Gasteiger charge is 2.39. The van der Waals surface area contributed by atoms with Crippen LogP contribution in [0.15, 0.2) is 6.20 Å². The lowest BCUT2D eigenvalue weighted by molar-refractivity contribution is -0.114. The summed E-state index contributed by atoms with van der Waals surface area (Å²) in [5, 5.41) is 12.7. The van der Waals surface area contributed by atoms with Crippen molar-refractivity contribution in [2.24, 2.45) is 5.41 Å². The maximum atomic E-state index is 11.4. The number of rotatable bonds is 2. The van der Waals surface area contributed by atoms with E-state index >= 15 is 0 Å². The molecule has 7 heteroatoms. The number of amides is 2. The van der Waals surface area contributed by atoms with Crippen LogP contribution in [-0.2, 0) is 4.79 Å². The van der Waals surface area contributed by atoms with E-state index in [-0.39, 0.29) is 17.4 Å². The molecule has 1 aliphatic heterocycles. The Balaban J connectivity index is 2.15. The number of carboxylic acid groups (broad SMARTS) is 1. The van der Waals surface area contributed by atoms with Gasteiger partial charge in [0.25, 0.3) is 0 Å². The van der Waals surface area contributed by atoms with Crippen molar-refractivity contribution in [1.82, 2.24) is 9.88 Å². The molecule has 22 heavy (non-hydrogen) atoms. The molecule has 6 nitrogen and oxygen atoms in total. The van der Waals surface area contributed by atoms with E-state index in [9.17, 15) is 14.7 Å². The molecular formula is C15H23N3O3S. The zero-order chi connectivity index (χ0) is 16.5. The topological polar surface area (TPSA) is 82.5 Å². The van der Waals surface area contributed by atoms with Gasteiger partial charge in [-0.25, -0.2) is 9.78 Å². The van der Waals surface area contributed by atoms with Gasteiger partial charge in [-0.2, -0.15) is 0 Å². The lowest BCUT2D eigenvalue weighted by atomic mass is 9.77. The van der Waals surface area contributed by atoms with E-state index in [0.717, 1.165) is 17.7 Å². The zero-order valence-electron chi connectivity index (χ0n) is 13.4. The minimum absolute atomic E-state index is 0.0185. The Hall–Kier alpha value is -1.63. The minimum Gasteiger partial charge on any atom is -0.465 e. The summed E-state index contributed by atoms with van der Waals surface area (Å²) >= 11 is 1.48. The molecule has 0 radical (unpaired) electrons. The van der Waals surface area contributed by atoms with Gasteiger partial charge in [-0.1, -0.05) is 20.8 Å². The molecular weight excluding hydrogens is 302 g/mol. The predicted molar refractivity (Wildman–Crippen MR) is 86.4 cm³/mol. The normalized spacial score (nSPS) is 22.5.